The fraction of sp³-hybridized carbons (Fsp3) is 0.684. The number of hydrogen-bond acceptors (Lipinski definition) is 3. The van der Waals surface area contributed by atoms with Crippen molar-refractivity contribution in [3.05, 3.63) is 35.1 Å². The molecule has 0 aromatic heterocycles. The van der Waals surface area contributed by atoms with Gasteiger partial charge in [-0.3, -0.25) is 0 Å². The Kier molecular flexibility index (Phi) is 8.53. The van der Waals surface area contributed by atoms with Gasteiger partial charge in [-0.25, -0.2) is 0 Å². The molecule has 0 aliphatic carbocycles. The molecular formula is C19H34F3N2OP. The van der Waals surface area contributed by atoms with Gasteiger partial charge in [0.2, 0.25) is 0 Å². The van der Waals surface area contributed by atoms with Gasteiger partial charge in [-0.05, 0) is 0 Å². The molecule has 0 spiro atoms. The summed E-state index contributed by atoms with van der Waals surface area (Å²) >= 11 is 0. The summed E-state index contributed by atoms with van der Waals surface area (Å²) in [6.45, 7) is 16.6. The van der Waals surface area contributed by atoms with E-state index in [1.807, 2.05) is 13.8 Å². The second-order valence-corrected chi connectivity index (χ2v) is 11.5. The van der Waals surface area contributed by atoms with E-state index in [0.29, 0.717) is 6.07 Å². The van der Waals surface area contributed by atoms with Gasteiger partial charge in [0.25, 0.3) is 0 Å². The van der Waals surface area contributed by atoms with Crippen LogP contribution in [0.5, 0.6) is 0 Å². The van der Waals surface area contributed by atoms with Crippen LogP contribution in [-0.2, 0) is 11.1 Å². The molecule has 0 unspecified atom stereocenters. The number of nitrogens with zero attached hydrogens (tertiary/aromatic N) is 1. The van der Waals surface area contributed by atoms with Crippen molar-refractivity contribution < 1.29 is 17.7 Å². The Balaban J connectivity index is 3.30. The van der Waals surface area contributed by atoms with Crippen molar-refractivity contribution in [3.8, 4) is 0 Å². The predicted octanol–water partition coefficient (Wildman–Crippen LogP) is 5.64. The molecule has 1 aromatic rings. The van der Waals surface area contributed by atoms with Crippen molar-refractivity contribution in [3.63, 3.8) is 0 Å². The van der Waals surface area contributed by atoms with E-state index in [1.54, 1.807) is 0 Å². The number of benzene rings is 1. The Labute approximate surface area is 156 Å². The first-order chi connectivity index (χ1) is 11.9. The molecule has 0 bridgehead atoms. The number of rotatable bonds is 9. The molecule has 1 rings (SSSR count). The van der Waals surface area contributed by atoms with E-state index >= 15 is 0 Å². The molecule has 0 aliphatic heterocycles. The Morgan fingerprint density at radius 2 is 1.38 bits per heavy atom. The van der Waals surface area contributed by atoms with E-state index in [2.05, 4.69) is 51.3 Å². The van der Waals surface area contributed by atoms with Gasteiger partial charge in [0.1, 0.15) is 0 Å². The molecule has 1 aromatic carbocycles. The van der Waals surface area contributed by atoms with Gasteiger partial charge < -0.3 is 0 Å². The minimum atomic E-state index is -2.73. The number of nitrogens with one attached hydrogen (secondary N) is 1. The third-order valence-corrected chi connectivity index (χ3v) is 9.25. The van der Waals surface area contributed by atoms with Gasteiger partial charge >= 0.3 is 156 Å². The van der Waals surface area contributed by atoms with Crippen LogP contribution in [0.3, 0.4) is 0 Å². The molecule has 0 radical (unpaired) electrons. The van der Waals surface area contributed by atoms with Crippen molar-refractivity contribution in [1.29, 1.82) is 0 Å². The van der Waals surface area contributed by atoms with Crippen molar-refractivity contribution in [2.24, 2.45) is 0 Å². The summed E-state index contributed by atoms with van der Waals surface area (Å²) < 4.78 is 49.5. The van der Waals surface area contributed by atoms with Gasteiger partial charge in [0.15, 0.2) is 0 Å². The molecule has 0 aliphatic rings. The van der Waals surface area contributed by atoms with Crippen LogP contribution < -0.4 is 5.09 Å². The molecule has 0 heterocycles. The molecule has 0 atom stereocenters. The molecule has 152 valence electrons. The maximum absolute atomic E-state index is 14.1. The van der Waals surface area contributed by atoms with E-state index in [4.69, 9.17) is 4.52 Å². The number of hydrogen-bond donors (Lipinski definition) is 1. The summed E-state index contributed by atoms with van der Waals surface area (Å²) in [5, 5.41) is 3.62. The standard InChI is InChI=1S/C19H34F3N2OP/c1-12(2)23-26(15(7)8,24(13(3)4)14(5)6)25-11-16-9-18(21)19(22)10-17(16)20/h9-10,12-15,23,26H,11H2,1-8H3. The zero-order chi connectivity index (χ0) is 20.2. The first-order valence-electron chi connectivity index (χ1n) is 9.25. The Morgan fingerprint density at radius 3 is 1.81 bits per heavy atom. The second-order valence-electron chi connectivity index (χ2n) is 7.89. The van der Waals surface area contributed by atoms with Crippen molar-refractivity contribution in [2.75, 3.05) is 0 Å². The first-order valence-corrected chi connectivity index (χ1v) is 11.2. The third kappa shape index (κ3) is 5.41. The van der Waals surface area contributed by atoms with E-state index in [1.165, 1.54) is 0 Å². The maximum atomic E-state index is 14.1. The molecule has 0 saturated carbocycles. The molecule has 3 nitrogen and oxygen atoms in total. The monoisotopic (exact) mass is 394 g/mol. The van der Waals surface area contributed by atoms with Crippen molar-refractivity contribution in [2.45, 2.75) is 85.8 Å². The van der Waals surface area contributed by atoms with Gasteiger partial charge in [-0.15, -0.1) is 0 Å². The van der Waals surface area contributed by atoms with Crippen LogP contribution in [0.25, 0.3) is 0 Å². The summed E-state index contributed by atoms with van der Waals surface area (Å²) in [6.07, 6.45) is 0. The van der Waals surface area contributed by atoms with E-state index in [0.717, 1.165) is 6.07 Å². The van der Waals surface area contributed by atoms with Crippen molar-refractivity contribution in [1.82, 2.24) is 9.76 Å². The Morgan fingerprint density at radius 1 is 0.885 bits per heavy atom. The van der Waals surface area contributed by atoms with Gasteiger partial charge in [-0.2, -0.15) is 0 Å². The Bertz CT molecular complexity index is 588. The zero-order valence-electron chi connectivity index (χ0n) is 17.2. The first kappa shape index (κ1) is 23.4. The molecule has 0 fully saturated rings. The fourth-order valence-corrected chi connectivity index (χ4v) is 7.84. The molecule has 0 amide bonds. The predicted molar refractivity (Wildman–Crippen MR) is 105 cm³/mol. The fourth-order valence-electron chi connectivity index (χ4n) is 3.46. The third-order valence-electron chi connectivity index (χ3n) is 4.31. The topological polar surface area (TPSA) is 24.5 Å². The van der Waals surface area contributed by atoms with E-state index in [-0.39, 0.29) is 36.0 Å². The normalized spacial score (nSPS) is 13.7. The van der Waals surface area contributed by atoms with Gasteiger partial charge in [0.05, 0.1) is 0 Å². The Hall–Kier alpha value is -0.680. The van der Waals surface area contributed by atoms with Crippen LogP contribution in [-0.4, -0.2) is 28.5 Å². The molecule has 26 heavy (non-hydrogen) atoms. The van der Waals surface area contributed by atoms with Crippen molar-refractivity contribution >= 4 is 7.79 Å². The van der Waals surface area contributed by atoms with Crippen LogP contribution in [0, 0.1) is 17.5 Å². The SMILES string of the molecule is CC(C)N[PH](OCc1cc(F)c(F)cc1F)(C(C)C)N(C(C)C)C(C)C. The van der Waals surface area contributed by atoms with E-state index < -0.39 is 25.2 Å². The summed E-state index contributed by atoms with van der Waals surface area (Å²) in [4.78, 5) is 0. The molecule has 7 heteroatoms. The summed E-state index contributed by atoms with van der Waals surface area (Å²) in [6, 6.07) is 2.05. The van der Waals surface area contributed by atoms with E-state index in [9.17, 15) is 13.2 Å². The van der Waals surface area contributed by atoms with Crippen LogP contribution in [0.15, 0.2) is 12.1 Å². The molecule has 1 N–H and O–H groups in total. The van der Waals surface area contributed by atoms with Crippen LogP contribution in [0.2, 0.25) is 0 Å². The number of halogens is 3. The van der Waals surface area contributed by atoms with Crippen LogP contribution in [0.4, 0.5) is 13.2 Å². The summed E-state index contributed by atoms with van der Waals surface area (Å²) in [7, 11) is -2.73. The quantitative estimate of drug-likeness (QED) is 0.433. The summed E-state index contributed by atoms with van der Waals surface area (Å²) in [5.41, 5.74) is 0.183. The van der Waals surface area contributed by atoms with Crippen LogP contribution in [0.1, 0.15) is 61.0 Å². The second kappa shape index (κ2) is 9.50. The average molecular weight is 394 g/mol. The van der Waals surface area contributed by atoms with Gasteiger partial charge in [0, 0.05) is 0 Å². The molecule has 0 saturated heterocycles. The minimum absolute atomic E-state index is 0.0273. The van der Waals surface area contributed by atoms with Gasteiger partial charge in [-0.1, -0.05) is 0 Å². The summed E-state index contributed by atoms with van der Waals surface area (Å²) in [5.74, 6) is -3.05. The van der Waals surface area contributed by atoms with Crippen LogP contribution >= 0.6 is 7.79 Å². The zero-order valence-corrected chi connectivity index (χ0v) is 18.2. The molecular weight excluding hydrogens is 360 g/mol. The average Bonchev–Trinajstić information content (AvgIpc) is 2.47.